The van der Waals surface area contributed by atoms with Gasteiger partial charge < -0.3 is 49.3 Å². The summed E-state index contributed by atoms with van der Waals surface area (Å²) in [4.78, 5) is 39.1. The van der Waals surface area contributed by atoms with Gasteiger partial charge >= 0.3 is 17.9 Å². The molecule has 0 spiro atoms. The van der Waals surface area contributed by atoms with Gasteiger partial charge in [0, 0.05) is 20.6 Å². The molecule has 13 heteroatoms. The Morgan fingerprint density at radius 1 is 0.969 bits per heavy atom. The van der Waals surface area contributed by atoms with Crippen molar-refractivity contribution in [2.24, 2.45) is 0 Å². The molecule has 0 aromatic carbocycles. The van der Waals surface area contributed by atoms with Crippen molar-refractivity contribution in [1.82, 2.24) is 0 Å². The normalized spacial score (nSPS) is 18.4. The number of carbonyl (C=O) groups is 4. The van der Waals surface area contributed by atoms with E-state index in [0.717, 1.165) is 7.11 Å². The number of hydrogen-bond donors (Lipinski definition) is 5. The van der Waals surface area contributed by atoms with Crippen LogP contribution in [0.25, 0.3) is 0 Å². The van der Waals surface area contributed by atoms with E-state index in [1.807, 2.05) is 0 Å². The van der Waals surface area contributed by atoms with Crippen molar-refractivity contribution in [3.05, 3.63) is 0 Å². The summed E-state index contributed by atoms with van der Waals surface area (Å²) in [6.07, 6.45) is 1.13. The number of carboxylic acid groups (broad SMARTS) is 3. The lowest BCUT2D eigenvalue weighted by atomic mass is 10.0. The molecule has 0 aliphatic carbocycles. The van der Waals surface area contributed by atoms with E-state index in [-0.39, 0.29) is 25.4 Å². The quantitative estimate of drug-likeness (QED) is 0.271. The maximum Gasteiger partial charge on any atom is 0.329 e. The van der Waals surface area contributed by atoms with Crippen LogP contribution in [-0.2, 0) is 38.1 Å². The third kappa shape index (κ3) is 32.5. The first kappa shape index (κ1) is 37.2. The van der Waals surface area contributed by atoms with Gasteiger partial charge in [0.2, 0.25) is 0 Å². The molecule has 0 aromatic rings. The second-order valence-electron chi connectivity index (χ2n) is 5.73. The number of aliphatic carboxylic acids is 3. The van der Waals surface area contributed by atoms with E-state index in [9.17, 15) is 14.4 Å². The highest BCUT2D eigenvalue weighted by Gasteiger charge is 2.30. The lowest BCUT2D eigenvalue weighted by Gasteiger charge is -2.33. The van der Waals surface area contributed by atoms with Gasteiger partial charge in [-0.15, -0.1) is 0 Å². The molecule has 1 aliphatic heterocycles. The Morgan fingerprint density at radius 2 is 1.38 bits per heavy atom. The van der Waals surface area contributed by atoms with Crippen molar-refractivity contribution >= 4 is 24.2 Å². The first-order valence-electron chi connectivity index (χ1n) is 9.57. The van der Waals surface area contributed by atoms with E-state index in [0.29, 0.717) is 19.3 Å². The van der Waals surface area contributed by atoms with Crippen LogP contribution < -0.4 is 0 Å². The summed E-state index contributed by atoms with van der Waals surface area (Å²) in [5, 5.41) is 39.3. The predicted octanol–water partition coefficient (Wildman–Crippen LogP) is -0.345. The fourth-order valence-corrected chi connectivity index (χ4v) is 1.70. The van der Waals surface area contributed by atoms with Crippen molar-refractivity contribution in [1.29, 1.82) is 0 Å². The summed E-state index contributed by atoms with van der Waals surface area (Å²) >= 11 is 0. The van der Waals surface area contributed by atoms with Crippen LogP contribution in [0.3, 0.4) is 0 Å². The number of aldehydes is 1. The van der Waals surface area contributed by atoms with Crippen LogP contribution in [-0.4, -0.2) is 115 Å². The van der Waals surface area contributed by atoms with Crippen LogP contribution >= 0.6 is 0 Å². The molecule has 0 aromatic heterocycles. The Morgan fingerprint density at radius 3 is 1.69 bits per heavy atom. The minimum Gasteiger partial charge on any atom is -0.480 e. The molecule has 0 amide bonds. The van der Waals surface area contributed by atoms with E-state index >= 15 is 0 Å². The highest BCUT2D eigenvalue weighted by atomic mass is 16.6. The molecule has 1 aliphatic rings. The lowest BCUT2D eigenvalue weighted by molar-refractivity contribution is -0.172. The third-order valence-electron chi connectivity index (χ3n) is 2.77. The fraction of sp³-hybridized carbons (Fsp3) is 0.789. The molecule has 192 valence electrons. The molecule has 1 fully saturated rings. The van der Waals surface area contributed by atoms with Gasteiger partial charge in [-0.1, -0.05) is 20.3 Å². The molecule has 1 saturated heterocycles. The minimum absolute atomic E-state index is 0.208. The molecule has 1 heterocycles. The molecule has 0 radical (unpaired) electrons. The van der Waals surface area contributed by atoms with Crippen molar-refractivity contribution in [3.63, 3.8) is 0 Å². The number of rotatable bonds is 9. The average Bonchev–Trinajstić information content (AvgIpc) is 2.74. The molecule has 32 heavy (non-hydrogen) atoms. The number of ether oxygens (including phenoxy) is 4. The van der Waals surface area contributed by atoms with Gasteiger partial charge in [-0.25, -0.2) is 14.4 Å². The van der Waals surface area contributed by atoms with Gasteiger partial charge in [-0.05, 0) is 6.92 Å². The number of hydrogen-bond acceptors (Lipinski definition) is 10. The zero-order chi connectivity index (χ0) is 25.9. The SMILES string of the molecule is CCC.CO.COCC(=O)O.C[C@@H]1OC[C@H](OCC(=O)O)CC1OCC(=O)O.O=CCO. The molecule has 13 nitrogen and oxygen atoms in total. The predicted molar refractivity (Wildman–Crippen MR) is 112 cm³/mol. The van der Waals surface area contributed by atoms with Crippen LogP contribution in [0.2, 0.25) is 0 Å². The number of carbonyl (C=O) groups excluding carboxylic acids is 1. The minimum atomic E-state index is -1.05. The van der Waals surface area contributed by atoms with E-state index in [1.165, 1.54) is 13.5 Å². The Kier molecular flexibility index (Phi) is 33.5. The Hall–Kier alpha value is -2.16. The summed E-state index contributed by atoms with van der Waals surface area (Å²) < 4.78 is 19.8. The largest absolute Gasteiger partial charge is 0.480 e. The van der Waals surface area contributed by atoms with Crippen molar-refractivity contribution in [3.8, 4) is 0 Å². The van der Waals surface area contributed by atoms with Crippen LogP contribution in [0.1, 0.15) is 33.6 Å². The van der Waals surface area contributed by atoms with Crippen LogP contribution in [0.15, 0.2) is 0 Å². The highest BCUT2D eigenvalue weighted by Crippen LogP contribution is 2.19. The van der Waals surface area contributed by atoms with Crippen LogP contribution in [0.4, 0.5) is 0 Å². The number of aliphatic hydroxyl groups is 2. The first-order valence-corrected chi connectivity index (χ1v) is 9.57. The van der Waals surface area contributed by atoms with Gasteiger partial charge in [0.1, 0.15) is 26.1 Å². The van der Waals surface area contributed by atoms with Gasteiger partial charge in [-0.3, -0.25) is 0 Å². The maximum absolute atomic E-state index is 10.4. The molecule has 0 bridgehead atoms. The summed E-state index contributed by atoms with van der Waals surface area (Å²) in [5.41, 5.74) is 0. The average molecular weight is 475 g/mol. The molecule has 5 N–H and O–H groups in total. The second kappa shape index (κ2) is 28.8. The van der Waals surface area contributed by atoms with Gasteiger partial charge in [0.05, 0.1) is 31.5 Å². The van der Waals surface area contributed by atoms with E-state index in [1.54, 1.807) is 6.92 Å². The Balaban J connectivity index is -0.000000215. The van der Waals surface area contributed by atoms with Crippen molar-refractivity contribution in [2.75, 3.05) is 47.3 Å². The standard InChI is InChI=1S/C10H16O7.C3H6O3.C3H8.C2H4O2.CH4O/c1-6-8(17-5-10(13)14)2-7(3-15-6)16-4-9(11)12;1-6-2-3(4)5;1-3-2;3-1-2-4;1-2/h6-8H,2-5H2,1H3,(H,11,12)(H,13,14);2H2,1H3,(H,4,5);3H2,1-2H3;1,4H,2H2;2H,1H3/t6-,7+,8?;;;;/m0..../s1. The van der Waals surface area contributed by atoms with Crippen molar-refractivity contribution < 1.29 is 63.7 Å². The zero-order valence-corrected chi connectivity index (χ0v) is 19.3. The highest BCUT2D eigenvalue weighted by molar-refractivity contribution is 5.68. The maximum atomic E-state index is 10.4. The summed E-state index contributed by atoms with van der Waals surface area (Å²) in [6.45, 7) is 4.96. The first-order chi connectivity index (χ1) is 15.1. The summed E-state index contributed by atoms with van der Waals surface area (Å²) in [6, 6.07) is 0. The third-order valence-corrected chi connectivity index (χ3v) is 2.77. The Labute approximate surface area is 187 Å². The molecular weight excluding hydrogens is 436 g/mol. The molecule has 3 atom stereocenters. The Bertz CT molecular complexity index is 457. The number of methoxy groups -OCH3 is 1. The van der Waals surface area contributed by atoms with E-state index < -0.39 is 37.2 Å². The molecule has 1 unspecified atom stereocenters. The van der Waals surface area contributed by atoms with Crippen LogP contribution in [0.5, 0.6) is 0 Å². The summed E-state index contributed by atoms with van der Waals surface area (Å²) in [7, 11) is 2.34. The topological polar surface area (TPSA) is 206 Å². The number of aliphatic hydroxyl groups excluding tert-OH is 2. The molecule has 0 saturated carbocycles. The van der Waals surface area contributed by atoms with Crippen LogP contribution in [0, 0.1) is 0 Å². The van der Waals surface area contributed by atoms with E-state index in [2.05, 4.69) is 18.6 Å². The lowest BCUT2D eigenvalue weighted by Crippen LogP contribution is -2.43. The molecular formula is C19H38O13. The molecule has 1 rings (SSSR count). The van der Waals surface area contributed by atoms with Gasteiger partial charge in [-0.2, -0.15) is 0 Å². The van der Waals surface area contributed by atoms with Crippen molar-refractivity contribution in [2.45, 2.75) is 51.9 Å². The second-order valence-corrected chi connectivity index (χ2v) is 5.73. The fourth-order valence-electron chi connectivity index (χ4n) is 1.70. The summed E-state index contributed by atoms with van der Waals surface area (Å²) in [5.74, 6) is -3.03. The van der Waals surface area contributed by atoms with Gasteiger partial charge in [0.25, 0.3) is 0 Å². The van der Waals surface area contributed by atoms with Gasteiger partial charge in [0.15, 0.2) is 0 Å². The smallest absolute Gasteiger partial charge is 0.329 e. The van der Waals surface area contributed by atoms with E-state index in [4.69, 9.17) is 44.5 Å². The number of carboxylic acids is 3. The zero-order valence-electron chi connectivity index (χ0n) is 19.3. The monoisotopic (exact) mass is 474 g/mol.